The first-order valence-corrected chi connectivity index (χ1v) is 5.47. The minimum absolute atomic E-state index is 0.116. The van der Waals surface area contributed by atoms with Gasteiger partial charge in [0.05, 0.1) is 0 Å². The number of pyridine rings is 1. The molecule has 2 rings (SSSR count). The van der Waals surface area contributed by atoms with Crippen LogP contribution in [0.5, 0.6) is 0 Å². The van der Waals surface area contributed by atoms with Gasteiger partial charge in [0.25, 0.3) is 0 Å². The maximum atomic E-state index is 11.1. The lowest BCUT2D eigenvalue weighted by molar-refractivity contribution is 0.0697. The van der Waals surface area contributed by atoms with E-state index >= 15 is 0 Å². The minimum Gasteiger partial charge on any atom is -0.478 e. The molecule has 2 N–H and O–H groups in total. The van der Waals surface area contributed by atoms with E-state index in [0.29, 0.717) is 11.6 Å². The van der Waals surface area contributed by atoms with Gasteiger partial charge < -0.3 is 10.4 Å². The Balaban J connectivity index is 2.38. The normalized spacial score (nSPS) is 10.1. The molecule has 0 aliphatic heterocycles. The molecule has 0 unspecified atom stereocenters. The second-order valence-corrected chi connectivity index (χ2v) is 3.58. The Morgan fingerprint density at radius 2 is 2.22 bits per heavy atom. The third-order valence-corrected chi connectivity index (χ3v) is 2.37. The molecule has 2 aromatic rings. The standard InChI is InChI=1S/C12H12N4O2/c1-2-8-3-4-9(12(17)18)11(15-8)16-10-5-6-13-7-14-10/h3-7H,2H2,1H3,(H,17,18)(H,13,14,15,16). The molecule has 0 spiro atoms. The van der Waals surface area contributed by atoms with E-state index in [9.17, 15) is 4.79 Å². The highest BCUT2D eigenvalue weighted by atomic mass is 16.4. The Morgan fingerprint density at radius 3 is 2.83 bits per heavy atom. The van der Waals surface area contributed by atoms with Crippen LogP contribution in [0.1, 0.15) is 23.0 Å². The van der Waals surface area contributed by atoms with E-state index in [0.717, 1.165) is 12.1 Å². The van der Waals surface area contributed by atoms with Crippen molar-refractivity contribution in [3.8, 4) is 0 Å². The average Bonchev–Trinajstić information content (AvgIpc) is 2.39. The first-order valence-electron chi connectivity index (χ1n) is 5.47. The molecule has 6 nitrogen and oxygen atoms in total. The van der Waals surface area contributed by atoms with Crippen LogP contribution in [0.15, 0.2) is 30.7 Å². The Kier molecular flexibility index (Phi) is 3.47. The van der Waals surface area contributed by atoms with Crippen molar-refractivity contribution in [2.45, 2.75) is 13.3 Å². The number of aromatic carboxylic acids is 1. The van der Waals surface area contributed by atoms with Gasteiger partial charge in [-0.2, -0.15) is 0 Å². The summed E-state index contributed by atoms with van der Waals surface area (Å²) in [6, 6.07) is 4.89. The van der Waals surface area contributed by atoms with Crippen LogP contribution in [0.4, 0.5) is 11.6 Å². The Morgan fingerprint density at radius 1 is 1.39 bits per heavy atom. The molecule has 0 atom stereocenters. The zero-order chi connectivity index (χ0) is 13.0. The van der Waals surface area contributed by atoms with Crippen molar-refractivity contribution < 1.29 is 9.90 Å². The van der Waals surface area contributed by atoms with Crippen molar-refractivity contribution >= 4 is 17.6 Å². The van der Waals surface area contributed by atoms with Crippen LogP contribution in [0.2, 0.25) is 0 Å². The zero-order valence-electron chi connectivity index (χ0n) is 9.79. The summed E-state index contributed by atoms with van der Waals surface area (Å²) in [4.78, 5) is 23.1. The molecule has 2 aromatic heterocycles. The molecular weight excluding hydrogens is 232 g/mol. The number of rotatable bonds is 4. The van der Waals surface area contributed by atoms with Gasteiger partial charge in [-0.25, -0.2) is 19.7 Å². The minimum atomic E-state index is -1.03. The van der Waals surface area contributed by atoms with Crippen LogP contribution in [-0.4, -0.2) is 26.0 Å². The van der Waals surface area contributed by atoms with Crippen LogP contribution >= 0.6 is 0 Å². The fraction of sp³-hybridized carbons (Fsp3) is 0.167. The fourth-order valence-electron chi connectivity index (χ4n) is 1.45. The Bertz CT molecular complexity index is 557. The molecule has 18 heavy (non-hydrogen) atoms. The SMILES string of the molecule is CCc1ccc(C(=O)O)c(Nc2ccncn2)n1. The summed E-state index contributed by atoms with van der Waals surface area (Å²) in [7, 11) is 0. The number of nitrogens with zero attached hydrogens (tertiary/aromatic N) is 3. The van der Waals surface area contributed by atoms with Gasteiger partial charge in [-0.05, 0) is 24.6 Å². The second-order valence-electron chi connectivity index (χ2n) is 3.58. The fourth-order valence-corrected chi connectivity index (χ4v) is 1.45. The van der Waals surface area contributed by atoms with Crippen molar-refractivity contribution in [3.63, 3.8) is 0 Å². The number of carbonyl (C=O) groups is 1. The second kappa shape index (κ2) is 5.22. The molecule has 6 heteroatoms. The van der Waals surface area contributed by atoms with E-state index in [1.807, 2.05) is 6.92 Å². The van der Waals surface area contributed by atoms with Gasteiger partial charge in [0, 0.05) is 11.9 Å². The topological polar surface area (TPSA) is 88.0 Å². The van der Waals surface area contributed by atoms with Crippen molar-refractivity contribution in [1.29, 1.82) is 0 Å². The van der Waals surface area contributed by atoms with Gasteiger partial charge in [0.1, 0.15) is 23.5 Å². The monoisotopic (exact) mass is 244 g/mol. The van der Waals surface area contributed by atoms with E-state index in [1.54, 1.807) is 18.3 Å². The molecule has 0 saturated carbocycles. The number of aryl methyl sites for hydroxylation is 1. The van der Waals surface area contributed by atoms with Crippen LogP contribution in [-0.2, 0) is 6.42 Å². The molecule has 0 radical (unpaired) electrons. The van der Waals surface area contributed by atoms with Crippen LogP contribution in [0.3, 0.4) is 0 Å². The highest BCUT2D eigenvalue weighted by molar-refractivity contribution is 5.93. The molecule has 0 saturated heterocycles. The largest absolute Gasteiger partial charge is 0.478 e. The number of anilines is 2. The summed E-state index contributed by atoms with van der Waals surface area (Å²) in [5, 5.41) is 12.0. The number of aromatic nitrogens is 3. The van der Waals surface area contributed by atoms with Gasteiger partial charge in [-0.1, -0.05) is 6.92 Å². The van der Waals surface area contributed by atoms with Crippen molar-refractivity contribution in [2.24, 2.45) is 0 Å². The predicted molar refractivity (Wildman–Crippen MR) is 65.9 cm³/mol. The van der Waals surface area contributed by atoms with Gasteiger partial charge in [0.2, 0.25) is 0 Å². The summed E-state index contributed by atoms with van der Waals surface area (Å²) in [6.07, 6.45) is 3.68. The smallest absolute Gasteiger partial charge is 0.339 e. The lowest BCUT2D eigenvalue weighted by Crippen LogP contribution is -2.07. The number of hydrogen-bond acceptors (Lipinski definition) is 5. The van der Waals surface area contributed by atoms with Crippen molar-refractivity contribution in [2.75, 3.05) is 5.32 Å². The molecular formula is C12H12N4O2. The summed E-state index contributed by atoms with van der Waals surface area (Å²) in [5.41, 5.74) is 0.933. The van der Waals surface area contributed by atoms with Gasteiger partial charge in [-0.15, -0.1) is 0 Å². The van der Waals surface area contributed by atoms with E-state index in [2.05, 4.69) is 20.3 Å². The van der Waals surface area contributed by atoms with Gasteiger partial charge in [0.15, 0.2) is 0 Å². The van der Waals surface area contributed by atoms with Gasteiger partial charge in [-0.3, -0.25) is 0 Å². The summed E-state index contributed by atoms with van der Waals surface area (Å²) < 4.78 is 0. The summed E-state index contributed by atoms with van der Waals surface area (Å²) >= 11 is 0. The number of carboxylic acid groups (broad SMARTS) is 1. The number of nitrogens with one attached hydrogen (secondary N) is 1. The predicted octanol–water partition coefficient (Wildman–Crippen LogP) is 1.88. The molecule has 0 bridgehead atoms. The third kappa shape index (κ3) is 2.60. The summed E-state index contributed by atoms with van der Waals surface area (Å²) in [6.45, 7) is 1.96. The maximum absolute atomic E-state index is 11.1. The van der Waals surface area contributed by atoms with Crippen LogP contribution in [0.25, 0.3) is 0 Å². The average molecular weight is 244 g/mol. The van der Waals surface area contributed by atoms with E-state index in [-0.39, 0.29) is 5.56 Å². The first kappa shape index (κ1) is 12.0. The van der Waals surface area contributed by atoms with Crippen molar-refractivity contribution in [1.82, 2.24) is 15.0 Å². The number of hydrogen-bond donors (Lipinski definition) is 2. The highest BCUT2D eigenvalue weighted by Gasteiger charge is 2.12. The maximum Gasteiger partial charge on any atom is 0.339 e. The lowest BCUT2D eigenvalue weighted by atomic mass is 10.2. The quantitative estimate of drug-likeness (QED) is 0.853. The molecule has 92 valence electrons. The molecule has 0 amide bonds. The van der Waals surface area contributed by atoms with Gasteiger partial charge >= 0.3 is 5.97 Å². The highest BCUT2D eigenvalue weighted by Crippen LogP contribution is 2.18. The summed E-state index contributed by atoms with van der Waals surface area (Å²) in [5.74, 6) is -0.226. The van der Waals surface area contributed by atoms with Crippen LogP contribution < -0.4 is 5.32 Å². The zero-order valence-corrected chi connectivity index (χ0v) is 9.79. The van der Waals surface area contributed by atoms with E-state index in [4.69, 9.17) is 5.11 Å². The number of carboxylic acids is 1. The Hall–Kier alpha value is -2.50. The Labute approximate surface area is 104 Å². The first-order chi connectivity index (χ1) is 8.70. The lowest BCUT2D eigenvalue weighted by Gasteiger charge is -2.08. The molecule has 0 aliphatic rings. The molecule has 0 fully saturated rings. The van der Waals surface area contributed by atoms with Crippen molar-refractivity contribution in [3.05, 3.63) is 42.0 Å². The molecule has 0 aliphatic carbocycles. The van der Waals surface area contributed by atoms with E-state index < -0.39 is 5.97 Å². The third-order valence-electron chi connectivity index (χ3n) is 2.37. The molecule has 2 heterocycles. The molecule has 0 aromatic carbocycles. The van der Waals surface area contributed by atoms with Crippen LogP contribution in [0, 0.1) is 0 Å². The van der Waals surface area contributed by atoms with E-state index in [1.165, 1.54) is 12.4 Å².